The number of anilines is 1. The molecule has 0 saturated heterocycles. The zero-order valence-corrected chi connectivity index (χ0v) is 20.7. The summed E-state index contributed by atoms with van der Waals surface area (Å²) in [5, 5.41) is 28.8. The first kappa shape index (κ1) is 26.2. The van der Waals surface area contributed by atoms with E-state index in [0.717, 1.165) is 37.0 Å². The molecule has 0 fully saturated rings. The smallest absolute Gasteiger partial charge is 0.414 e. The summed E-state index contributed by atoms with van der Waals surface area (Å²) in [5.74, 6) is -1.08. The lowest BCUT2D eigenvalue weighted by atomic mass is 10.1. The van der Waals surface area contributed by atoms with Crippen LogP contribution in [0.4, 0.5) is 21.5 Å². The van der Waals surface area contributed by atoms with Crippen molar-refractivity contribution in [3.05, 3.63) is 112 Å². The van der Waals surface area contributed by atoms with Gasteiger partial charge in [0, 0.05) is 36.1 Å². The van der Waals surface area contributed by atoms with E-state index in [-0.39, 0.29) is 5.00 Å². The molecule has 4 aromatic rings. The number of azo groups is 1. The predicted octanol–water partition coefficient (Wildman–Crippen LogP) is 4.86. The third-order valence-electron chi connectivity index (χ3n) is 4.88. The van der Waals surface area contributed by atoms with Crippen LogP contribution in [0.3, 0.4) is 0 Å². The number of carboxylic acid groups (broad SMARTS) is 1. The molecule has 0 amide bonds. The molecule has 0 bridgehead atoms. The summed E-state index contributed by atoms with van der Waals surface area (Å²) in [4.78, 5) is 21.7. The number of nitrogens with zero attached hydrogens (tertiary/aromatic N) is 5. The number of aliphatic carboxylic acids is 1. The van der Waals surface area contributed by atoms with E-state index >= 15 is 0 Å². The van der Waals surface area contributed by atoms with Gasteiger partial charge in [-0.1, -0.05) is 60.7 Å². The first-order valence-electron chi connectivity index (χ1n) is 11.0. The van der Waals surface area contributed by atoms with E-state index < -0.39 is 10.9 Å². The van der Waals surface area contributed by atoms with Crippen LogP contribution in [0.25, 0.3) is 0 Å². The van der Waals surface area contributed by atoms with E-state index in [0.29, 0.717) is 10.8 Å². The molecule has 0 aliphatic carbocycles. The molecule has 0 atom stereocenters. The van der Waals surface area contributed by atoms with Gasteiger partial charge in [0.2, 0.25) is 0 Å². The Labute approximate surface area is 212 Å². The maximum atomic E-state index is 10.9. The number of carbonyl (C=O) groups is 1. The molecular formula is C26H25N5O4S. The zero-order valence-electron chi connectivity index (χ0n) is 19.9. The van der Waals surface area contributed by atoms with Crippen LogP contribution in [0.15, 0.2) is 101 Å². The number of carboxylic acids is 1. The molecule has 0 aliphatic rings. The van der Waals surface area contributed by atoms with Crippen molar-refractivity contribution >= 4 is 38.8 Å². The topological polar surface area (TPSA) is 115 Å². The van der Waals surface area contributed by atoms with E-state index in [1.54, 1.807) is 11.6 Å². The van der Waals surface area contributed by atoms with Gasteiger partial charge in [0.25, 0.3) is 0 Å². The van der Waals surface area contributed by atoms with Gasteiger partial charge in [-0.2, -0.15) is 0 Å². The standard InChI is InChI=1S/C24H22N5O2S.C2H4O2/c1-27-18-23(29(30)31)32-24(27)26-25-21-12-14-22(15-13-21)28(16-19-8-4-2-5-9-19)17-20-10-6-3-7-11-20;1-2(3)4/h2-15,18H,16-17H2,1H3;1H3,(H,3,4)/q+1;/p-1. The van der Waals surface area contributed by atoms with Crippen LogP contribution in [0.1, 0.15) is 18.1 Å². The van der Waals surface area contributed by atoms with Gasteiger partial charge in [-0.05, 0) is 47.4 Å². The maximum absolute atomic E-state index is 10.9. The molecule has 0 radical (unpaired) electrons. The quantitative estimate of drug-likeness (QED) is 0.147. The summed E-state index contributed by atoms with van der Waals surface area (Å²) in [6.45, 7) is 2.54. The van der Waals surface area contributed by atoms with Crippen molar-refractivity contribution in [3.63, 3.8) is 0 Å². The fraction of sp³-hybridized carbons (Fsp3) is 0.154. The molecule has 0 aliphatic heterocycles. The summed E-state index contributed by atoms with van der Waals surface area (Å²) in [6.07, 6.45) is 1.44. The number of aromatic nitrogens is 1. The Balaban J connectivity index is 0.000000840. The van der Waals surface area contributed by atoms with Gasteiger partial charge in [0.1, 0.15) is 5.69 Å². The monoisotopic (exact) mass is 503 g/mol. The normalized spacial score (nSPS) is 10.5. The third-order valence-corrected chi connectivity index (χ3v) is 5.90. The van der Waals surface area contributed by atoms with Gasteiger partial charge in [0.15, 0.2) is 6.20 Å². The predicted molar refractivity (Wildman–Crippen MR) is 136 cm³/mol. The minimum atomic E-state index is -1.08. The van der Waals surface area contributed by atoms with Gasteiger partial charge in [-0.15, -0.1) is 0 Å². The Morgan fingerprint density at radius 1 is 0.917 bits per heavy atom. The van der Waals surface area contributed by atoms with Crippen molar-refractivity contribution in [3.8, 4) is 0 Å². The molecule has 0 N–H and O–H groups in total. The first-order valence-corrected chi connectivity index (χ1v) is 11.8. The van der Waals surface area contributed by atoms with Gasteiger partial charge in [-0.25, -0.2) is 4.57 Å². The second-order valence-corrected chi connectivity index (χ2v) is 8.74. The van der Waals surface area contributed by atoms with Crippen LogP contribution < -0.4 is 14.6 Å². The van der Waals surface area contributed by atoms with Gasteiger partial charge >= 0.3 is 10.1 Å². The second-order valence-electron chi connectivity index (χ2n) is 7.76. The van der Waals surface area contributed by atoms with Crippen molar-refractivity contribution in [1.29, 1.82) is 0 Å². The highest BCUT2D eigenvalue weighted by atomic mass is 32.1. The minimum Gasteiger partial charge on any atom is -0.550 e. The Morgan fingerprint density at radius 2 is 1.42 bits per heavy atom. The molecule has 184 valence electrons. The lowest BCUT2D eigenvalue weighted by molar-refractivity contribution is -0.656. The molecule has 0 saturated carbocycles. The maximum Gasteiger partial charge on any atom is 0.414 e. The summed E-state index contributed by atoms with van der Waals surface area (Å²) >= 11 is 0.993. The van der Waals surface area contributed by atoms with Gasteiger partial charge in [-0.3, -0.25) is 10.1 Å². The second kappa shape index (κ2) is 12.9. The molecule has 0 spiro atoms. The molecule has 0 unspecified atom stereocenters. The molecule has 1 aromatic heterocycles. The summed E-state index contributed by atoms with van der Waals surface area (Å²) in [7, 11) is 1.71. The van der Waals surface area contributed by atoms with Crippen molar-refractivity contribution in [2.24, 2.45) is 17.3 Å². The van der Waals surface area contributed by atoms with E-state index in [2.05, 4.69) is 63.7 Å². The molecule has 4 rings (SSSR count). The largest absolute Gasteiger partial charge is 0.550 e. The van der Waals surface area contributed by atoms with Crippen LogP contribution in [-0.4, -0.2) is 10.9 Å². The lowest BCUT2D eigenvalue weighted by Crippen LogP contribution is -2.23. The van der Waals surface area contributed by atoms with E-state index in [1.807, 2.05) is 36.4 Å². The number of aryl methyl sites for hydroxylation is 1. The Hall–Kier alpha value is -4.44. The zero-order chi connectivity index (χ0) is 25.9. The number of rotatable bonds is 8. The average molecular weight is 504 g/mol. The molecule has 9 nitrogen and oxygen atoms in total. The number of hydrogen-bond acceptors (Lipinski definition) is 8. The highest BCUT2D eigenvalue weighted by Gasteiger charge is 2.21. The van der Waals surface area contributed by atoms with Crippen LogP contribution >= 0.6 is 11.3 Å². The Kier molecular flexibility index (Phi) is 9.35. The fourth-order valence-electron chi connectivity index (χ4n) is 3.26. The van der Waals surface area contributed by atoms with Gasteiger partial charge < -0.3 is 14.8 Å². The fourth-order valence-corrected chi connectivity index (χ4v) is 4.02. The average Bonchev–Trinajstić information content (AvgIpc) is 3.24. The molecule has 36 heavy (non-hydrogen) atoms. The van der Waals surface area contributed by atoms with Crippen LogP contribution in [-0.2, 0) is 24.9 Å². The summed E-state index contributed by atoms with van der Waals surface area (Å²) < 4.78 is 1.60. The SMILES string of the molecule is CC(=O)[O-].C[n+]1cc([N+](=O)[O-])sc1N=Nc1ccc(N(Cc2ccccc2)Cc2ccccc2)cc1. The van der Waals surface area contributed by atoms with E-state index in [4.69, 9.17) is 9.90 Å². The summed E-state index contributed by atoms with van der Waals surface area (Å²) in [5.41, 5.74) is 4.23. The highest BCUT2D eigenvalue weighted by molar-refractivity contribution is 7.17. The van der Waals surface area contributed by atoms with Crippen LogP contribution in [0.2, 0.25) is 0 Å². The Morgan fingerprint density at radius 3 is 1.86 bits per heavy atom. The molecule has 10 heteroatoms. The molecule has 3 aromatic carbocycles. The van der Waals surface area contributed by atoms with Gasteiger partial charge in [0.05, 0.1) is 17.1 Å². The number of hydrogen-bond donors (Lipinski definition) is 0. The molecule has 1 heterocycles. The number of thiazole rings is 1. The first-order chi connectivity index (χ1) is 17.3. The highest BCUT2D eigenvalue weighted by Crippen LogP contribution is 2.28. The van der Waals surface area contributed by atoms with Crippen molar-refractivity contribution < 1.29 is 19.4 Å². The summed E-state index contributed by atoms with van der Waals surface area (Å²) in [6, 6.07) is 28.6. The van der Waals surface area contributed by atoms with Crippen molar-refractivity contribution in [1.82, 2.24) is 0 Å². The molecular weight excluding hydrogens is 478 g/mol. The lowest BCUT2D eigenvalue weighted by Gasteiger charge is -2.25. The van der Waals surface area contributed by atoms with E-state index in [9.17, 15) is 10.1 Å². The number of carbonyl (C=O) groups excluding carboxylic acids is 1. The van der Waals surface area contributed by atoms with Crippen LogP contribution in [0.5, 0.6) is 0 Å². The van der Waals surface area contributed by atoms with Crippen LogP contribution in [0, 0.1) is 10.1 Å². The van der Waals surface area contributed by atoms with E-state index in [1.165, 1.54) is 17.3 Å². The minimum absolute atomic E-state index is 0.0364. The number of nitro groups is 1. The van der Waals surface area contributed by atoms with Crippen molar-refractivity contribution in [2.45, 2.75) is 20.0 Å². The number of benzene rings is 3. The third kappa shape index (κ3) is 8.10. The Bertz CT molecular complexity index is 1260. The van der Waals surface area contributed by atoms with Crippen molar-refractivity contribution in [2.75, 3.05) is 4.90 Å².